The van der Waals surface area contributed by atoms with Crippen LogP contribution < -0.4 is 0 Å². The SMILES string of the molecule is Cc1cnc2c(C(=O)N3Cc4cnc(CC(C)C)nc4C3)cnn2c1. The fraction of sp³-hybridized carbons (Fsp3) is 0.389. The molecule has 0 unspecified atom stereocenters. The van der Waals surface area contributed by atoms with Gasteiger partial charge in [-0.3, -0.25) is 4.79 Å². The van der Waals surface area contributed by atoms with Gasteiger partial charge in [0.25, 0.3) is 5.91 Å². The summed E-state index contributed by atoms with van der Waals surface area (Å²) in [6.07, 6.45) is 7.89. The topological polar surface area (TPSA) is 76.3 Å². The van der Waals surface area contributed by atoms with Crippen molar-refractivity contribution < 1.29 is 4.79 Å². The Labute approximate surface area is 145 Å². The summed E-state index contributed by atoms with van der Waals surface area (Å²) < 4.78 is 1.65. The second-order valence-electron chi connectivity index (χ2n) is 6.98. The van der Waals surface area contributed by atoms with Crippen molar-refractivity contribution in [3.63, 3.8) is 0 Å². The highest BCUT2D eigenvalue weighted by Crippen LogP contribution is 2.23. The lowest BCUT2D eigenvalue weighted by molar-refractivity contribution is 0.0752. The van der Waals surface area contributed by atoms with Crippen molar-refractivity contribution in [2.75, 3.05) is 0 Å². The molecule has 7 heteroatoms. The molecule has 1 aliphatic heterocycles. The summed E-state index contributed by atoms with van der Waals surface area (Å²) >= 11 is 0. The molecule has 0 radical (unpaired) electrons. The zero-order valence-corrected chi connectivity index (χ0v) is 14.6. The second kappa shape index (κ2) is 5.91. The van der Waals surface area contributed by atoms with Crippen LogP contribution in [-0.4, -0.2) is 35.4 Å². The maximum atomic E-state index is 12.9. The molecule has 4 heterocycles. The van der Waals surface area contributed by atoms with E-state index in [9.17, 15) is 4.79 Å². The molecule has 4 rings (SSSR count). The second-order valence-corrected chi connectivity index (χ2v) is 6.98. The lowest BCUT2D eigenvalue weighted by atomic mass is 10.1. The summed E-state index contributed by atoms with van der Waals surface area (Å²) in [5, 5.41) is 4.25. The molecule has 0 aromatic carbocycles. The van der Waals surface area contributed by atoms with Gasteiger partial charge in [-0.05, 0) is 18.4 Å². The van der Waals surface area contributed by atoms with Crippen LogP contribution in [-0.2, 0) is 19.5 Å². The van der Waals surface area contributed by atoms with E-state index >= 15 is 0 Å². The minimum absolute atomic E-state index is 0.0743. The summed E-state index contributed by atoms with van der Waals surface area (Å²) in [6.45, 7) is 7.27. The van der Waals surface area contributed by atoms with Crippen molar-refractivity contribution in [1.29, 1.82) is 0 Å². The average molecular weight is 336 g/mol. The normalized spacial score (nSPS) is 13.7. The van der Waals surface area contributed by atoms with Gasteiger partial charge in [0.05, 0.1) is 18.4 Å². The van der Waals surface area contributed by atoms with E-state index in [1.165, 1.54) is 0 Å². The van der Waals surface area contributed by atoms with Crippen LogP contribution in [0.3, 0.4) is 0 Å². The number of rotatable bonds is 3. The number of fused-ring (bicyclic) bond motifs is 2. The zero-order valence-electron chi connectivity index (χ0n) is 14.6. The number of carbonyl (C=O) groups excluding carboxylic acids is 1. The summed E-state index contributed by atoms with van der Waals surface area (Å²) in [4.78, 5) is 28.1. The van der Waals surface area contributed by atoms with E-state index in [1.807, 2.05) is 19.3 Å². The molecule has 3 aromatic rings. The van der Waals surface area contributed by atoms with E-state index < -0.39 is 0 Å². The van der Waals surface area contributed by atoms with Crippen molar-refractivity contribution >= 4 is 11.6 Å². The van der Waals surface area contributed by atoms with Gasteiger partial charge in [0.1, 0.15) is 11.4 Å². The van der Waals surface area contributed by atoms with Gasteiger partial charge in [-0.1, -0.05) is 13.8 Å². The van der Waals surface area contributed by atoms with Crippen LogP contribution in [0.25, 0.3) is 5.65 Å². The summed E-state index contributed by atoms with van der Waals surface area (Å²) in [5.41, 5.74) is 4.05. The van der Waals surface area contributed by atoms with Crippen molar-refractivity contribution in [2.24, 2.45) is 5.92 Å². The first-order valence-corrected chi connectivity index (χ1v) is 8.44. The maximum Gasteiger partial charge on any atom is 0.259 e. The molecule has 0 bridgehead atoms. The molecule has 0 aliphatic carbocycles. The van der Waals surface area contributed by atoms with E-state index in [2.05, 4.69) is 33.9 Å². The van der Waals surface area contributed by atoms with Crippen molar-refractivity contribution in [1.82, 2.24) is 29.5 Å². The Morgan fingerprint density at radius 2 is 2.04 bits per heavy atom. The first-order valence-electron chi connectivity index (χ1n) is 8.44. The van der Waals surface area contributed by atoms with Gasteiger partial charge >= 0.3 is 0 Å². The van der Waals surface area contributed by atoms with E-state index in [0.29, 0.717) is 30.2 Å². The molecule has 7 nitrogen and oxygen atoms in total. The van der Waals surface area contributed by atoms with E-state index in [4.69, 9.17) is 0 Å². The molecule has 25 heavy (non-hydrogen) atoms. The maximum absolute atomic E-state index is 12.9. The Bertz CT molecular complexity index is 961. The van der Waals surface area contributed by atoms with Crippen LogP contribution in [0.1, 0.15) is 46.9 Å². The molecule has 0 saturated carbocycles. The number of carbonyl (C=O) groups is 1. The quantitative estimate of drug-likeness (QED) is 0.733. The predicted molar refractivity (Wildman–Crippen MR) is 91.9 cm³/mol. The molecule has 0 atom stereocenters. The molecule has 0 fully saturated rings. The van der Waals surface area contributed by atoms with Gasteiger partial charge in [-0.2, -0.15) is 5.10 Å². The first-order chi connectivity index (χ1) is 12.0. The number of amides is 1. The number of aromatic nitrogens is 5. The van der Waals surface area contributed by atoms with Crippen molar-refractivity contribution in [3.05, 3.63) is 53.0 Å². The lowest BCUT2D eigenvalue weighted by Gasteiger charge is -2.13. The molecule has 1 amide bonds. The predicted octanol–water partition coefficient (Wildman–Crippen LogP) is 2.18. The third-order valence-corrected chi connectivity index (χ3v) is 4.30. The summed E-state index contributed by atoms with van der Waals surface area (Å²) in [5.74, 6) is 1.27. The highest BCUT2D eigenvalue weighted by Gasteiger charge is 2.28. The lowest BCUT2D eigenvalue weighted by Crippen LogP contribution is -2.25. The highest BCUT2D eigenvalue weighted by atomic mass is 16.2. The van der Waals surface area contributed by atoms with Crippen LogP contribution in [0, 0.1) is 12.8 Å². The fourth-order valence-electron chi connectivity index (χ4n) is 3.09. The first kappa shape index (κ1) is 15.7. The molecule has 3 aromatic heterocycles. The molecular formula is C18H20N6O. The van der Waals surface area contributed by atoms with Crippen LogP contribution in [0.5, 0.6) is 0 Å². The smallest absolute Gasteiger partial charge is 0.259 e. The van der Waals surface area contributed by atoms with Gasteiger partial charge in [0.15, 0.2) is 5.65 Å². The van der Waals surface area contributed by atoms with Crippen LogP contribution >= 0.6 is 0 Å². The number of nitrogens with zero attached hydrogens (tertiary/aromatic N) is 6. The Morgan fingerprint density at radius 3 is 2.84 bits per heavy atom. The van der Waals surface area contributed by atoms with Gasteiger partial charge in [0.2, 0.25) is 0 Å². The number of hydrogen-bond donors (Lipinski definition) is 0. The fourth-order valence-corrected chi connectivity index (χ4v) is 3.09. The van der Waals surface area contributed by atoms with Crippen molar-refractivity contribution in [3.8, 4) is 0 Å². The molecular weight excluding hydrogens is 316 g/mol. The number of hydrogen-bond acceptors (Lipinski definition) is 5. The Morgan fingerprint density at radius 1 is 1.20 bits per heavy atom. The van der Waals surface area contributed by atoms with Gasteiger partial charge < -0.3 is 4.90 Å². The molecule has 1 aliphatic rings. The summed E-state index contributed by atoms with van der Waals surface area (Å²) in [6, 6.07) is 0. The largest absolute Gasteiger partial charge is 0.328 e. The van der Waals surface area contributed by atoms with E-state index in [1.54, 1.807) is 21.8 Å². The molecule has 0 spiro atoms. The Balaban J connectivity index is 1.59. The van der Waals surface area contributed by atoms with Gasteiger partial charge in [-0.15, -0.1) is 0 Å². The molecule has 0 N–H and O–H groups in total. The van der Waals surface area contributed by atoms with Crippen molar-refractivity contribution in [2.45, 2.75) is 40.3 Å². The standard InChI is InChI=1S/C18H20N6O/c1-11(2)4-16-19-6-13-9-23(10-15(13)22-16)18(25)14-7-21-24-8-12(3)5-20-17(14)24/h5-8,11H,4,9-10H2,1-3H3. The molecule has 0 saturated heterocycles. The monoisotopic (exact) mass is 336 g/mol. The highest BCUT2D eigenvalue weighted by molar-refractivity contribution is 5.99. The Hall–Kier alpha value is -2.83. The van der Waals surface area contributed by atoms with Gasteiger partial charge in [0, 0.05) is 37.1 Å². The van der Waals surface area contributed by atoms with E-state index in [-0.39, 0.29) is 5.91 Å². The zero-order chi connectivity index (χ0) is 17.6. The van der Waals surface area contributed by atoms with E-state index in [0.717, 1.165) is 29.1 Å². The Kier molecular flexibility index (Phi) is 3.71. The van der Waals surface area contributed by atoms with Crippen LogP contribution in [0.4, 0.5) is 0 Å². The minimum Gasteiger partial charge on any atom is -0.328 e. The van der Waals surface area contributed by atoms with Crippen LogP contribution in [0.2, 0.25) is 0 Å². The third-order valence-electron chi connectivity index (χ3n) is 4.30. The molecule has 128 valence electrons. The third kappa shape index (κ3) is 2.86. The van der Waals surface area contributed by atoms with Crippen LogP contribution in [0.15, 0.2) is 24.8 Å². The van der Waals surface area contributed by atoms with Gasteiger partial charge in [-0.25, -0.2) is 19.5 Å². The number of aryl methyl sites for hydroxylation is 1. The average Bonchev–Trinajstić information content (AvgIpc) is 3.16. The minimum atomic E-state index is -0.0743. The summed E-state index contributed by atoms with van der Waals surface area (Å²) in [7, 11) is 0.